The molecule has 3 N–H and O–H groups in total. The number of aryl methyl sites for hydroxylation is 1. The number of hydrogen-bond donors (Lipinski definition) is 2. The Balaban J connectivity index is 1.82. The van der Waals surface area contributed by atoms with Gasteiger partial charge >= 0.3 is 0 Å². The number of amides is 1. The maximum Gasteiger partial charge on any atom is 0.224 e. The summed E-state index contributed by atoms with van der Waals surface area (Å²) in [6.07, 6.45) is 1.26. The van der Waals surface area contributed by atoms with Crippen molar-refractivity contribution in [1.82, 2.24) is 0 Å². The number of para-hydroxylation sites is 1. The van der Waals surface area contributed by atoms with Crippen LogP contribution >= 0.6 is 0 Å². The lowest BCUT2D eigenvalue weighted by Gasteiger charge is -2.09. The minimum Gasteiger partial charge on any atom is -0.399 e. The van der Waals surface area contributed by atoms with E-state index in [4.69, 9.17) is 10.5 Å². The van der Waals surface area contributed by atoms with Crippen molar-refractivity contribution in [3.05, 3.63) is 59.7 Å². The summed E-state index contributed by atoms with van der Waals surface area (Å²) in [7, 11) is 0. The maximum absolute atomic E-state index is 12.0. The molecule has 0 heterocycles. The van der Waals surface area contributed by atoms with Crippen LogP contribution in [0, 0.1) is 0 Å². The molecule has 2 rings (SSSR count). The van der Waals surface area contributed by atoms with E-state index in [2.05, 4.69) is 5.32 Å². The molecule has 2 aromatic carbocycles. The number of hydrogen-bond acceptors (Lipinski definition) is 3. The average Bonchev–Trinajstić information content (AvgIpc) is 2.53. The number of anilines is 2. The summed E-state index contributed by atoms with van der Waals surface area (Å²) in [4.78, 5) is 12.0. The van der Waals surface area contributed by atoms with Gasteiger partial charge in [0.05, 0.1) is 12.7 Å². The number of carbonyl (C=O) groups excluding carboxylic acids is 1. The first-order chi connectivity index (χ1) is 11.0. The first-order valence-corrected chi connectivity index (χ1v) is 7.88. The molecule has 4 heteroatoms. The third-order valence-electron chi connectivity index (χ3n) is 3.50. The van der Waals surface area contributed by atoms with Crippen LogP contribution in [0.15, 0.2) is 48.5 Å². The van der Waals surface area contributed by atoms with Crippen molar-refractivity contribution in [2.24, 2.45) is 0 Å². The van der Waals surface area contributed by atoms with Gasteiger partial charge in [-0.25, -0.2) is 0 Å². The average molecular weight is 312 g/mol. The maximum atomic E-state index is 12.0. The molecule has 0 spiro atoms. The van der Waals surface area contributed by atoms with Crippen molar-refractivity contribution in [2.75, 3.05) is 11.1 Å². The number of carbonyl (C=O) groups is 1. The quantitative estimate of drug-likeness (QED) is 0.765. The lowest BCUT2D eigenvalue weighted by molar-refractivity contribution is -0.116. The minimum atomic E-state index is -0.0144. The largest absolute Gasteiger partial charge is 0.399 e. The molecule has 0 aromatic heterocycles. The number of nitrogen functional groups attached to an aromatic ring is 1. The predicted molar refractivity (Wildman–Crippen MR) is 94.2 cm³/mol. The highest BCUT2D eigenvalue weighted by Gasteiger charge is 2.05. The molecule has 0 fully saturated rings. The van der Waals surface area contributed by atoms with E-state index in [1.165, 1.54) is 0 Å². The van der Waals surface area contributed by atoms with Crippen LogP contribution in [0.5, 0.6) is 0 Å². The zero-order valence-electron chi connectivity index (χ0n) is 13.7. The number of ether oxygens (including phenoxy) is 1. The highest BCUT2D eigenvalue weighted by molar-refractivity contribution is 5.90. The lowest BCUT2D eigenvalue weighted by atomic mass is 10.1. The van der Waals surface area contributed by atoms with Crippen LogP contribution in [-0.4, -0.2) is 12.0 Å². The molecule has 4 nitrogen and oxygen atoms in total. The topological polar surface area (TPSA) is 64.3 Å². The molecule has 23 heavy (non-hydrogen) atoms. The minimum absolute atomic E-state index is 0.0144. The van der Waals surface area contributed by atoms with Gasteiger partial charge in [-0.05, 0) is 49.6 Å². The smallest absolute Gasteiger partial charge is 0.224 e. The van der Waals surface area contributed by atoms with Crippen molar-refractivity contribution in [2.45, 2.75) is 39.4 Å². The first-order valence-electron chi connectivity index (χ1n) is 7.88. The van der Waals surface area contributed by atoms with E-state index in [0.29, 0.717) is 19.4 Å². The van der Waals surface area contributed by atoms with Crippen LogP contribution in [0.4, 0.5) is 11.4 Å². The summed E-state index contributed by atoms with van der Waals surface area (Å²) in [6, 6.07) is 15.4. The van der Waals surface area contributed by atoms with Crippen LogP contribution in [0.3, 0.4) is 0 Å². The van der Waals surface area contributed by atoms with Gasteiger partial charge in [0.25, 0.3) is 0 Å². The van der Waals surface area contributed by atoms with Crippen LogP contribution in [-0.2, 0) is 22.6 Å². The van der Waals surface area contributed by atoms with Gasteiger partial charge in [-0.2, -0.15) is 0 Å². The third-order valence-corrected chi connectivity index (χ3v) is 3.50. The van der Waals surface area contributed by atoms with E-state index in [9.17, 15) is 4.79 Å². The highest BCUT2D eigenvalue weighted by atomic mass is 16.5. The normalized spacial score (nSPS) is 10.7. The predicted octanol–water partition coefficient (Wildman–Crippen LogP) is 3.77. The molecular weight excluding hydrogens is 288 g/mol. The number of nitrogens with one attached hydrogen (secondary N) is 1. The van der Waals surface area contributed by atoms with Gasteiger partial charge < -0.3 is 15.8 Å². The second-order valence-corrected chi connectivity index (χ2v) is 5.80. The monoisotopic (exact) mass is 312 g/mol. The Morgan fingerprint density at radius 3 is 2.48 bits per heavy atom. The molecule has 0 radical (unpaired) electrons. The van der Waals surface area contributed by atoms with Crippen molar-refractivity contribution < 1.29 is 9.53 Å². The third kappa shape index (κ3) is 5.75. The zero-order chi connectivity index (χ0) is 16.7. The summed E-state index contributed by atoms with van der Waals surface area (Å²) in [5.74, 6) is -0.0144. The van der Waals surface area contributed by atoms with Crippen molar-refractivity contribution in [1.29, 1.82) is 0 Å². The Kier molecular flexibility index (Phi) is 6.18. The highest BCUT2D eigenvalue weighted by Crippen LogP contribution is 2.14. The van der Waals surface area contributed by atoms with E-state index in [1.54, 1.807) is 0 Å². The Labute approximate surface area is 137 Å². The molecule has 0 aliphatic carbocycles. The van der Waals surface area contributed by atoms with E-state index < -0.39 is 0 Å². The summed E-state index contributed by atoms with van der Waals surface area (Å²) in [5.41, 5.74) is 9.50. The molecule has 0 saturated carbocycles. The fraction of sp³-hybridized carbons (Fsp3) is 0.316. The van der Waals surface area contributed by atoms with Gasteiger partial charge in [-0.3, -0.25) is 4.79 Å². The van der Waals surface area contributed by atoms with Gasteiger partial charge in [0.1, 0.15) is 0 Å². The second kappa shape index (κ2) is 8.34. The Morgan fingerprint density at radius 2 is 1.83 bits per heavy atom. The van der Waals surface area contributed by atoms with Gasteiger partial charge in [-0.1, -0.05) is 30.3 Å². The molecule has 1 amide bonds. The lowest BCUT2D eigenvalue weighted by Crippen LogP contribution is -2.12. The fourth-order valence-corrected chi connectivity index (χ4v) is 2.18. The molecular formula is C19H24N2O2. The Morgan fingerprint density at radius 1 is 1.13 bits per heavy atom. The summed E-state index contributed by atoms with van der Waals surface area (Å²) in [6.45, 7) is 4.60. The van der Waals surface area contributed by atoms with E-state index in [-0.39, 0.29) is 12.0 Å². The van der Waals surface area contributed by atoms with Crippen LogP contribution in [0.1, 0.15) is 31.4 Å². The van der Waals surface area contributed by atoms with Crippen LogP contribution in [0.25, 0.3) is 0 Å². The first kappa shape index (κ1) is 17.0. The summed E-state index contributed by atoms with van der Waals surface area (Å²) >= 11 is 0. The molecule has 2 aromatic rings. The van der Waals surface area contributed by atoms with E-state index in [1.807, 2.05) is 62.4 Å². The molecule has 0 bridgehead atoms. The van der Waals surface area contributed by atoms with E-state index in [0.717, 1.165) is 22.5 Å². The SMILES string of the molecule is CC(C)OCc1ccc(NC(=O)CCc2ccccc2N)cc1. The number of benzene rings is 2. The van der Waals surface area contributed by atoms with Crippen molar-refractivity contribution in [3.8, 4) is 0 Å². The van der Waals surface area contributed by atoms with Gasteiger partial charge in [0.15, 0.2) is 0 Å². The molecule has 0 aliphatic heterocycles. The Bertz CT molecular complexity index is 636. The molecule has 0 unspecified atom stereocenters. The summed E-state index contributed by atoms with van der Waals surface area (Å²) < 4.78 is 5.55. The second-order valence-electron chi connectivity index (χ2n) is 5.80. The van der Waals surface area contributed by atoms with E-state index >= 15 is 0 Å². The molecule has 122 valence electrons. The molecule has 0 atom stereocenters. The van der Waals surface area contributed by atoms with Crippen molar-refractivity contribution in [3.63, 3.8) is 0 Å². The van der Waals surface area contributed by atoms with Gasteiger partial charge in [0, 0.05) is 17.8 Å². The van der Waals surface area contributed by atoms with Gasteiger partial charge in [0.2, 0.25) is 5.91 Å². The molecule has 0 saturated heterocycles. The van der Waals surface area contributed by atoms with Crippen LogP contribution in [0.2, 0.25) is 0 Å². The molecule has 0 aliphatic rings. The number of nitrogens with two attached hydrogens (primary N) is 1. The fourth-order valence-electron chi connectivity index (χ4n) is 2.18. The van der Waals surface area contributed by atoms with Crippen molar-refractivity contribution >= 4 is 17.3 Å². The standard InChI is InChI=1S/C19H24N2O2/c1-14(2)23-13-15-7-10-17(11-8-15)21-19(22)12-9-16-5-3-4-6-18(16)20/h3-8,10-11,14H,9,12-13,20H2,1-2H3,(H,21,22). The number of rotatable bonds is 7. The van der Waals surface area contributed by atoms with Gasteiger partial charge in [-0.15, -0.1) is 0 Å². The zero-order valence-corrected chi connectivity index (χ0v) is 13.7. The summed E-state index contributed by atoms with van der Waals surface area (Å²) in [5, 5.41) is 2.90. The van der Waals surface area contributed by atoms with Crippen LogP contribution < -0.4 is 11.1 Å². The Hall–Kier alpha value is -2.33.